The molecule has 5 nitrogen and oxygen atoms in total. The summed E-state index contributed by atoms with van der Waals surface area (Å²) in [5.74, 6) is -5.02. The number of fused-ring (bicyclic) bond motifs is 5. The van der Waals surface area contributed by atoms with Crippen LogP contribution in [0.5, 0.6) is 0 Å². The Bertz CT molecular complexity index is 647. The summed E-state index contributed by atoms with van der Waals surface area (Å²) in [6.07, 6.45) is -0.413. The molecule has 1 heterocycles. The minimum absolute atomic E-state index is 0.177. The lowest BCUT2D eigenvalue weighted by Crippen LogP contribution is -2.50. The zero-order valence-corrected chi connectivity index (χ0v) is 15.5. The second kappa shape index (κ2) is 5.05. The van der Waals surface area contributed by atoms with E-state index in [0.29, 0.717) is 0 Å². The number of aliphatic carboxylic acids is 1. The fraction of sp³-hybridized carbons (Fsp3) is 0.583. The number of hydrogen-bond acceptors (Lipinski definition) is 3. The summed E-state index contributed by atoms with van der Waals surface area (Å²) in [6, 6.07) is 0. The van der Waals surface area contributed by atoms with Crippen LogP contribution in [0.25, 0.3) is 0 Å². The molecule has 2 amide bonds. The van der Waals surface area contributed by atoms with Gasteiger partial charge in [-0.1, -0.05) is 46.4 Å². The zero-order valence-electron chi connectivity index (χ0n) is 11.0. The summed E-state index contributed by atoms with van der Waals surface area (Å²) in [4.78, 5) is 33.0. The largest absolute Gasteiger partial charge is 0.481 e. The van der Waals surface area contributed by atoms with Crippen LogP contribution < -0.4 is 0 Å². The second-order valence-electron chi connectivity index (χ2n) is 5.55. The number of alkyl halides is 4. The lowest BCUT2D eigenvalue weighted by atomic mass is 9.84. The topological polar surface area (TPSA) is 74.7 Å². The van der Waals surface area contributed by atoms with Gasteiger partial charge in [0.25, 0.3) is 0 Å². The van der Waals surface area contributed by atoms with Crippen molar-refractivity contribution in [2.24, 2.45) is 11.8 Å². The number of nitrogens with zero attached hydrogens (tertiary/aromatic N) is 1. The normalized spacial score (nSPS) is 41.0. The highest BCUT2D eigenvalue weighted by atomic mass is 35.5. The number of carboxylic acids is 1. The lowest BCUT2D eigenvalue weighted by molar-refractivity contribution is -0.142. The van der Waals surface area contributed by atoms with E-state index in [1.807, 2.05) is 0 Å². The van der Waals surface area contributed by atoms with Crippen LogP contribution in [-0.2, 0) is 14.4 Å². The average Bonchev–Trinajstić information content (AvgIpc) is 2.82. The number of carbonyl (C=O) groups excluding carboxylic acids is 2. The van der Waals surface area contributed by atoms with Gasteiger partial charge in [0.1, 0.15) is 9.75 Å². The van der Waals surface area contributed by atoms with Gasteiger partial charge < -0.3 is 5.11 Å². The number of hydrogen-bond donors (Lipinski definition) is 1. The van der Waals surface area contributed by atoms with Crippen molar-refractivity contribution in [1.29, 1.82) is 0 Å². The van der Waals surface area contributed by atoms with E-state index in [1.165, 1.54) is 0 Å². The van der Waals surface area contributed by atoms with Crippen molar-refractivity contribution in [1.82, 2.24) is 4.90 Å². The number of carbonyl (C=O) groups is 3. The number of allylic oxidation sites excluding steroid dienone is 2. The molecule has 3 aliphatic rings. The molecule has 2 aliphatic carbocycles. The zero-order chi connectivity index (χ0) is 17.5. The Labute approximate surface area is 160 Å². The van der Waals surface area contributed by atoms with Gasteiger partial charge in [0.05, 0.1) is 28.3 Å². The molecule has 4 atom stereocenters. The van der Waals surface area contributed by atoms with Gasteiger partial charge in [-0.15, -0.1) is 23.2 Å². The SMILES string of the molecule is O=C(O)CCN1C(=O)C2C(C1=O)C1(Cl)C(Cl)=C(Cl)C2(Cl)C1(Cl)Cl. The van der Waals surface area contributed by atoms with E-state index in [0.717, 1.165) is 4.90 Å². The van der Waals surface area contributed by atoms with Crippen LogP contribution in [0.1, 0.15) is 6.42 Å². The first kappa shape index (κ1) is 17.9. The molecule has 0 aromatic rings. The van der Waals surface area contributed by atoms with E-state index in [-0.39, 0.29) is 16.6 Å². The molecule has 3 rings (SSSR count). The van der Waals surface area contributed by atoms with E-state index >= 15 is 0 Å². The summed E-state index contributed by atoms with van der Waals surface area (Å²) in [6.45, 7) is -0.313. The fourth-order valence-corrected chi connectivity index (χ4v) is 6.41. The van der Waals surface area contributed by atoms with E-state index in [9.17, 15) is 14.4 Å². The predicted octanol–water partition coefficient (Wildman–Crippen LogP) is 2.91. The van der Waals surface area contributed by atoms with Crippen LogP contribution in [0.4, 0.5) is 0 Å². The van der Waals surface area contributed by atoms with Gasteiger partial charge in [0.2, 0.25) is 11.8 Å². The van der Waals surface area contributed by atoms with Crippen LogP contribution in [0.2, 0.25) is 0 Å². The number of likely N-dealkylation sites (tertiary alicyclic amines) is 1. The summed E-state index contributed by atoms with van der Waals surface area (Å²) < 4.78 is -1.98. The molecule has 0 aromatic carbocycles. The first-order chi connectivity index (χ1) is 10.4. The van der Waals surface area contributed by atoms with Crippen LogP contribution >= 0.6 is 69.6 Å². The highest BCUT2D eigenvalue weighted by Crippen LogP contribution is 2.77. The molecule has 4 unspecified atom stereocenters. The smallest absolute Gasteiger partial charge is 0.305 e. The van der Waals surface area contributed by atoms with Crippen molar-refractivity contribution in [2.45, 2.75) is 20.5 Å². The Morgan fingerprint density at radius 1 is 1.00 bits per heavy atom. The Morgan fingerprint density at radius 2 is 1.39 bits per heavy atom. The number of carboxylic acid groups (broad SMARTS) is 1. The molecule has 1 saturated heterocycles. The Morgan fingerprint density at radius 3 is 1.74 bits per heavy atom. The molecule has 1 aliphatic heterocycles. The number of amides is 2. The Balaban J connectivity index is 2.11. The van der Waals surface area contributed by atoms with Gasteiger partial charge in [-0.05, 0) is 0 Å². The first-order valence-electron chi connectivity index (χ1n) is 6.32. The van der Waals surface area contributed by atoms with E-state index in [4.69, 9.17) is 74.7 Å². The van der Waals surface area contributed by atoms with Crippen molar-refractivity contribution in [2.75, 3.05) is 6.54 Å². The third kappa shape index (κ3) is 1.76. The maximum absolute atomic E-state index is 12.6. The molecule has 126 valence electrons. The van der Waals surface area contributed by atoms with Crippen LogP contribution in [0, 0.1) is 11.8 Å². The summed E-state index contributed by atoms with van der Waals surface area (Å²) in [5, 5.41) is 8.39. The van der Waals surface area contributed by atoms with Crippen molar-refractivity contribution in [3.63, 3.8) is 0 Å². The number of halogens is 6. The standard InChI is InChI=1S/C12H7Cl6NO4/c13-6-7(14)11(16)5-4(10(6,15)12(11,17)18)8(22)19(9(5)23)2-1-3(20)21/h4-5H,1-2H2,(H,20,21). The van der Waals surface area contributed by atoms with Gasteiger partial charge in [-0.25, -0.2) is 0 Å². The van der Waals surface area contributed by atoms with E-state index in [1.54, 1.807) is 0 Å². The minimum atomic E-state index is -1.98. The maximum atomic E-state index is 12.6. The van der Waals surface area contributed by atoms with Gasteiger partial charge in [-0.2, -0.15) is 0 Å². The second-order valence-corrected chi connectivity index (χ2v) is 8.83. The molecule has 2 bridgehead atoms. The monoisotopic (exact) mass is 439 g/mol. The van der Waals surface area contributed by atoms with Gasteiger partial charge in [0, 0.05) is 6.54 Å². The minimum Gasteiger partial charge on any atom is -0.481 e. The molecule has 1 saturated carbocycles. The summed E-state index contributed by atoms with van der Waals surface area (Å²) in [5.41, 5.74) is 0. The predicted molar refractivity (Wildman–Crippen MR) is 86.3 cm³/mol. The molecule has 0 radical (unpaired) electrons. The van der Waals surface area contributed by atoms with Crippen LogP contribution in [-0.4, -0.2) is 48.4 Å². The Kier molecular flexibility index (Phi) is 3.93. The average molecular weight is 442 g/mol. The third-order valence-electron chi connectivity index (χ3n) is 4.55. The highest BCUT2D eigenvalue weighted by molar-refractivity contribution is 6.66. The molecule has 2 fully saturated rings. The van der Waals surface area contributed by atoms with Crippen LogP contribution in [0.3, 0.4) is 0 Å². The molecule has 23 heavy (non-hydrogen) atoms. The molecule has 1 N–H and O–H groups in total. The first-order valence-corrected chi connectivity index (χ1v) is 8.59. The number of imide groups is 1. The third-order valence-corrected chi connectivity index (χ3v) is 8.81. The van der Waals surface area contributed by atoms with Gasteiger partial charge in [-0.3, -0.25) is 19.3 Å². The summed E-state index contributed by atoms with van der Waals surface area (Å²) in [7, 11) is 0. The van der Waals surface area contributed by atoms with Crippen LogP contribution in [0.15, 0.2) is 10.1 Å². The quantitative estimate of drug-likeness (QED) is 0.540. The molecular formula is C12H7Cl6NO4. The molecule has 0 aromatic heterocycles. The van der Waals surface area contributed by atoms with Crippen molar-refractivity contribution in [3.8, 4) is 0 Å². The lowest BCUT2D eigenvalue weighted by Gasteiger charge is -2.34. The Hall–Kier alpha value is 0.0900. The summed E-state index contributed by atoms with van der Waals surface area (Å²) >= 11 is 37.7. The van der Waals surface area contributed by atoms with Crippen molar-refractivity contribution >= 4 is 87.4 Å². The van der Waals surface area contributed by atoms with Crippen molar-refractivity contribution in [3.05, 3.63) is 10.1 Å². The van der Waals surface area contributed by atoms with E-state index in [2.05, 4.69) is 0 Å². The maximum Gasteiger partial charge on any atom is 0.305 e. The van der Waals surface area contributed by atoms with Gasteiger partial charge >= 0.3 is 5.97 Å². The van der Waals surface area contributed by atoms with Crippen molar-refractivity contribution < 1.29 is 19.5 Å². The van der Waals surface area contributed by atoms with E-state index < -0.39 is 50.1 Å². The molecular weight excluding hydrogens is 435 g/mol. The fourth-order valence-electron chi connectivity index (χ4n) is 3.48. The molecule has 11 heteroatoms. The highest BCUT2D eigenvalue weighted by Gasteiger charge is 2.87. The number of rotatable bonds is 3. The molecule has 0 spiro atoms. The van der Waals surface area contributed by atoms with Gasteiger partial charge in [0.15, 0.2) is 4.33 Å².